The number of fused-ring (bicyclic) bond motifs is 3. The molecule has 2 aromatic rings. The third kappa shape index (κ3) is 1.40. The maximum atomic E-state index is 12.8. The summed E-state index contributed by atoms with van der Waals surface area (Å²) in [7, 11) is 0. The van der Waals surface area contributed by atoms with Gasteiger partial charge in [-0.25, -0.2) is 0 Å². The normalized spacial score (nSPS) is 30.3. The molecule has 22 heavy (non-hydrogen) atoms. The number of benzene rings is 1. The summed E-state index contributed by atoms with van der Waals surface area (Å²) in [5.41, 5.74) is 2.59. The minimum Gasteiger partial charge on any atom is -0.619 e. The average molecular weight is 303 g/mol. The molecular weight excluding hydrogens is 288 g/mol. The van der Waals surface area contributed by atoms with Gasteiger partial charge in [0.1, 0.15) is 0 Å². The Bertz CT molecular complexity index is 787. The molecule has 0 unspecified atom stereocenters. The monoisotopic (exact) mass is 303 g/mol. The van der Waals surface area contributed by atoms with Crippen LogP contribution in [0.5, 0.6) is 0 Å². The number of nitrogens with zero attached hydrogens (tertiary/aromatic N) is 3. The molecule has 8 heteroatoms. The van der Waals surface area contributed by atoms with Gasteiger partial charge in [0.05, 0.1) is 12.8 Å². The van der Waals surface area contributed by atoms with Crippen molar-refractivity contribution in [1.82, 2.24) is 5.16 Å². The standard InChI is InChI=1S/C14H14N4O4/c15-14-7-6-10-12(16-22-18(10)21)13(14,19)8-11(17(14)20)9-4-2-1-3-5-9/h1-5,19H,6-8,15H2/p+1/t13-,14-/m0/s1. The number of aliphatic hydroxyl groups is 1. The Morgan fingerprint density at radius 3 is 2.73 bits per heavy atom. The Kier molecular flexibility index (Phi) is 2.44. The number of hydrogen-bond donors (Lipinski definition) is 2. The van der Waals surface area contributed by atoms with E-state index in [1.165, 1.54) is 0 Å². The fraction of sp³-hybridized carbons (Fsp3) is 0.357. The summed E-state index contributed by atoms with van der Waals surface area (Å²) in [4.78, 5) is 0.294. The zero-order valence-corrected chi connectivity index (χ0v) is 11.7. The van der Waals surface area contributed by atoms with Gasteiger partial charge >= 0.3 is 5.66 Å². The van der Waals surface area contributed by atoms with Crippen molar-refractivity contribution in [1.29, 1.82) is 0 Å². The highest BCUT2D eigenvalue weighted by atomic mass is 16.8. The summed E-state index contributed by atoms with van der Waals surface area (Å²) in [6.07, 6.45) is 0.582. The molecule has 0 bridgehead atoms. The van der Waals surface area contributed by atoms with Crippen LogP contribution >= 0.6 is 0 Å². The van der Waals surface area contributed by atoms with Gasteiger partial charge in [-0.15, -0.1) is 4.74 Å². The quantitative estimate of drug-likeness (QED) is 0.504. The van der Waals surface area contributed by atoms with E-state index in [4.69, 9.17) is 0 Å². The van der Waals surface area contributed by atoms with E-state index in [2.05, 4.69) is 15.5 Å². The molecule has 114 valence electrons. The van der Waals surface area contributed by atoms with E-state index in [1.807, 2.05) is 30.3 Å². The highest BCUT2D eigenvalue weighted by Gasteiger charge is 2.73. The van der Waals surface area contributed by atoms with Gasteiger partial charge in [-0.2, -0.15) is 0 Å². The second-order valence-corrected chi connectivity index (χ2v) is 5.90. The van der Waals surface area contributed by atoms with Crippen LogP contribution in [-0.2, 0) is 12.0 Å². The number of aromatic nitrogens is 2. The second-order valence-electron chi connectivity index (χ2n) is 5.90. The number of quaternary nitrogens is 1. The predicted octanol–water partition coefficient (Wildman–Crippen LogP) is -1.22. The molecule has 0 radical (unpaired) electrons. The summed E-state index contributed by atoms with van der Waals surface area (Å²) in [5, 5.41) is 39.2. The third-order valence-corrected chi connectivity index (χ3v) is 4.80. The molecule has 0 saturated carbocycles. The third-order valence-electron chi connectivity index (χ3n) is 4.80. The molecule has 4 N–H and O–H groups in total. The van der Waals surface area contributed by atoms with Crippen LogP contribution in [0.4, 0.5) is 0 Å². The first-order valence-electron chi connectivity index (χ1n) is 7.03. The topological polar surface area (TPSA) is 127 Å². The van der Waals surface area contributed by atoms with Crippen LogP contribution in [-0.4, -0.2) is 26.4 Å². The van der Waals surface area contributed by atoms with Crippen LogP contribution in [0.15, 0.2) is 35.0 Å². The van der Waals surface area contributed by atoms with Crippen LogP contribution in [0.1, 0.15) is 29.8 Å². The van der Waals surface area contributed by atoms with Crippen LogP contribution in [0.3, 0.4) is 0 Å². The van der Waals surface area contributed by atoms with Crippen molar-refractivity contribution in [2.24, 2.45) is 0 Å². The molecule has 1 aromatic heterocycles. The Balaban J connectivity index is 1.89. The molecule has 0 saturated heterocycles. The molecule has 2 aliphatic rings. The smallest absolute Gasteiger partial charge is 0.332 e. The summed E-state index contributed by atoms with van der Waals surface area (Å²) in [6.45, 7) is 0. The van der Waals surface area contributed by atoms with Gasteiger partial charge in [0, 0.05) is 17.1 Å². The van der Waals surface area contributed by atoms with Crippen molar-refractivity contribution in [2.75, 3.05) is 0 Å². The Labute approximate surface area is 125 Å². The van der Waals surface area contributed by atoms with E-state index in [0.717, 1.165) is 10.3 Å². The van der Waals surface area contributed by atoms with Gasteiger partial charge in [0.2, 0.25) is 11.4 Å². The van der Waals surface area contributed by atoms with Gasteiger partial charge in [0.15, 0.2) is 0 Å². The largest absolute Gasteiger partial charge is 0.619 e. The molecule has 0 fully saturated rings. The Morgan fingerprint density at radius 1 is 1.27 bits per heavy atom. The lowest BCUT2D eigenvalue weighted by molar-refractivity contribution is -0.810. The molecule has 2 heterocycles. The van der Waals surface area contributed by atoms with Crippen LogP contribution < -0.4 is 10.6 Å². The molecule has 0 spiro atoms. The Hall–Kier alpha value is -2.45. The lowest BCUT2D eigenvalue weighted by atomic mass is 9.75. The lowest BCUT2D eigenvalue weighted by Crippen LogP contribution is -2.84. The van der Waals surface area contributed by atoms with Crippen molar-refractivity contribution >= 4 is 5.71 Å². The number of hydroxylamine groups is 1. The fourth-order valence-corrected chi connectivity index (χ4v) is 3.48. The highest BCUT2D eigenvalue weighted by Crippen LogP contribution is 2.45. The van der Waals surface area contributed by atoms with Crippen molar-refractivity contribution in [2.45, 2.75) is 30.5 Å². The average Bonchev–Trinajstić information content (AvgIpc) is 3.00. The first kappa shape index (κ1) is 13.2. The summed E-state index contributed by atoms with van der Waals surface area (Å²) in [5.74, 6) is 0. The summed E-state index contributed by atoms with van der Waals surface area (Å²) in [6, 6.07) is 9.12. The lowest BCUT2D eigenvalue weighted by Gasteiger charge is -2.32. The summed E-state index contributed by atoms with van der Waals surface area (Å²) < 4.78 is 5.38. The van der Waals surface area contributed by atoms with Gasteiger partial charge < -0.3 is 15.5 Å². The fourth-order valence-electron chi connectivity index (χ4n) is 3.48. The van der Waals surface area contributed by atoms with Gasteiger partial charge in [-0.3, -0.25) is 10.4 Å². The minimum atomic E-state index is -1.63. The maximum Gasteiger partial charge on any atom is 0.332 e. The van der Waals surface area contributed by atoms with Crippen molar-refractivity contribution in [3.05, 3.63) is 57.7 Å². The SMILES string of the molecule is [NH3+][C@]12CCc3c(no[n+]3[O-])[C@@]1(O)CC(c1ccccc1)=[N+]2[O-]. The molecule has 8 nitrogen and oxygen atoms in total. The molecule has 2 atom stereocenters. The van der Waals surface area contributed by atoms with Crippen LogP contribution in [0.25, 0.3) is 0 Å². The van der Waals surface area contributed by atoms with Gasteiger partial charge in [-0.05, 0) is 17.0 Å². The van der Waals surface area contributed by atoms with Crippen molar-refractivity contribution in [3.63, 3.8) is 0 Å². The molecule has 1 aromatic carbocycles. The van der Waals surface area contributed by atoms with Crippen LogP contribution in [0, 0.1) is 10.4 Å². The second kappa shape index (κ2) is 4.05. The van der Waals surface area contributed by atoms with Gasteiger partial charge in [0.25, 0.3) is 11.3 Å². The van der Waals surface area contributed by atoms with E-state index in [1.54, 1.807) is 0 Å². The minimum absolute atomic E-state index is 0.0452. The first-order chi connectivity index (χ1) is 10.5. The van der Waals surface area contributed by atoms with E-state index in [9.17, 15) is 15.5 Å². The van der Waals surface area contributed by atoms with Crippen molar-refractivity contribution < 1.29 is 25.1 Å². The van der Waals surface area contributed by atoms with Crippen LogP contribution in [0.2, 0.25) is 0 Å². The number of rotatable bonds is 1. The molecule has 0 amide bonds. The number of hydrogen-bond acceptors (Lipinski definition) is 5. The van der Waals surface area contributed by atoms with E-state index >= 15 is 0 Å². The molecule has 4 rings (SSSR count). The predicted molar refractivity (Wildman–Crippen MR) is 72.1 cm³/mol. The highest BCUT2D eigenvalue weighted by molar-refractivity contribution is 5.98. The Morgan fingerprint density at radius 2 is 2.00 bits per heavy atom. The van der Waals surface area contributed by atoms with E-state index in [0.29, 0.717) is 10.6 Å². The zero-order chi connectivity index (χ0) is 15.5. The van der Waals surface area contributed by atoms with E-state index < -0.39 is 11.3 Å². The van der Waals surface area contributed by atoms with E-state index in [-0.39, 0.29) is 30.7 Å². The summed E-state index contributed by atoms with van der Waals surface area (Å²) >= 11 is 0. The molecular formula is C14H15N4O4+. The molecule has 1 aliphatic carbocycles. The first-order valence-corrected chi connectivity index (χ1v) is 7.03. The molecule has 1 aliphatic heterocycles. The maximum absolute atomic E-state index is 12.8. The van der Waals surface area contributed by atoms with Gasteiger partial charge in [-0.1, -0.05) is 18.2 Å². The zero-order valence-electron chi connectivity index (χ0n) is 11.7. The van der Waals surface area contributed by atoms with Crippen molar-refractivity contribution in [3.8, 4) is 0 Å².